The zero-order valence-corrected chi connectivity index (χ0v) is 18.5. The molecule has 1 aliphatic rings. The van der Waals surface area contributed by atoms with Gasteiger partial charge in [0.2, 0.25) is 5.91 Å². The summed E-state index contributed by atoms with van der Waals surface area (Å²) in [5.74, 6) is 0.224. The fourth-order valence-electron chi connectivity index (χ4n) is 3.41. The highest BCUT2D eigenvalue weighted by Crippen LogP contribution is 2.23. The van der Waals surface area contributed by atoms with Gasteiger partial charge in [-0.05, 0) is 36.4 Å². The molecule has 9 heteroatoms. The smallest absolute Gasteiger partial charge is 0.269 e. The lowest BCUT2D eigenvalue weighted by molar-refractivity contribution is -0.384. The number of nitrogens with one attached hydrogen (secondary N) is 1. The lowest BCUT2D eigenvalue weighted by Crippen LogP contribution is -2.51. The quantitative estimate of drug-likeness (QED) is 0.546. The Morgan fingerprint density at radius 2 is 1.59 bits per heavy atom. The van der Waals surface area contributed by atoms with Crippen molar-refractivity contribution >= 4 is 28.9 Å². The molecule has 2 aromatic rings. The van der Waals surface area contributed by atoms with Crippen molar-refractivity contribution in [3.8, 4) is 5.75 Å². The summed E-state index contributed by atoms with van der Waals surface area (Å²) in [5.41, 5.74) is 1.27. The van der Waals surface area contributed by atoms with Gasteiger partial charge < -0.3 is 19.9 Å². The molecule has 1 saturated heterocycles. The molecule has 0 unspecified atom stereocenters. The molecule has 0 aromatic heterocycles. The van der Waals surface area contributed by atoms with Gasteiger partial charge in [-0.15, -0.1) is 0 Å². The van der Waals surface area contributed by atoms with Crippen LogP contribution in [0.4, 0.5) is 17.1 Å². The molecule has 0 atom stereocenters. The van der Waals surface area contributed by atoms with Crippen LogP contribution < -0.4 is 15.0 Å². The molecule has 1 heterocycles. The maximum atomic E-state index is 12.4. The van der Waals surface area contributed by atoms with Crippen LogP contribution >= 0.6 is 0 Å². The summed E-state index contributed by atoms with van der Waals surface area (Å²) in [6.07, 6.45) is 0. The number of hydrogen-bond donors (Lipinski definition) is 1. The van der Waals surface area contributed by atoms with Gasteiger partial charge in [-0.3, -0.25) is 19.7 Å². The molecule has 0 bridgehead atoms. The van der Waals surface area contributed by atoms with Crippen LogP contribution in [-0.4, -0.2) is 54.4 Å². The molecule has 1 aliphatic heterocycles. The molecule has 0 radical (unpaired) electrons. The summed E-state index contributed by atoms with van der Waals surface area (Å²) < 4.78 is 5.37. The normalized spacial score (nSPS) is 14.1. The van der Waals surface area contributed by atoms with Crippen molar-refractivity contribution in [2.75, 3.05) is 43.0 Å². The summed E-state index contributed by atoms with van der Waals surface area (Å²) in [4.78, 5) is 38.9. The summed E-state index contributed by atoms with van der Waals surface area (Å²) in [6.45, 7) is 8.50. The number of ether oxygens (including phenoxy) is 1. The second-order valence-corrected chi connectivity index (χ2v) is 8.66. The minimum Gasteiger partial charge on any atom is -0.484 e. The molecule has 32 heavy (non-hydrogen) atoms. The van der Waals surface area contributed by atoms with E-state index in [1.54, 1.807) is 0 Å². The number of piperazine rings is 1. The highest BCUT2D eigenvalue weighted by Gasteiger charge is 2.29. The Morgan fingerprint density at radius 3 is 2.12 bits per heavy atom. The van der Waals surface area contributed by atoms with E-state index in [1.807, 2.05) is 49.9 Å². The monoisotopic (exact) mass is 440 g/mol. The summed E-state index contributed by atoms with van der Waals surface area (Å²) in [5, 5.41) is 13.4. The Hall–Kier alpha value is -3.62. The largest absolute Gasteiger partial charge is 0.484 e. The third kappa shape index (κ3) is 5.96. The van der Waals surface area contributed by atoms with Crippen LogP contribution in [0.2, 0.25) is 0 Å². The van der Waals surface area contributed by atoms with Gasteiger partial charge in [-0.25, -0.2) is 0 Å². The van der Waals surface area contributed by atoms with Crippen LogP contribution in [0.15, 0.2) is 48.5 Å². The average molecular weight is 441 g/mol. The van der Waals surface area contributed by atoms with E-state index < -0.39 is 4.92 Å². The van der Waals surface area contributed by atoms with Crippen LogP contribution in [0.3, 0.4) is 0 Å². The van der Waals surface area contributed by atoms with E-state index >= 15 is 0 Å². The van der Waals surface area contributed by atoms with Gasteiger partial charge in [-0.1, -0.05) is 20.8 Å². The van der Waals surface area contributed by atoms with Crippen LogP contribution in [0.5, 0.6) is 5.75 Å². The van der Waals surface area contributed by atoms with Gasteiger partial charge in [-0.2, -0.15) is 0 Å². The first kappa shape index (κ1) is 23.1. The molecule has 0 spiro atoms. The molecule has 0 saturated carbocycles. The number of hydrogen-bond acceptors (Lipinski definition) is 6. The number of nitro groups is 1. The molecule has 9 nitrogen and oxygen atoms in total. The van der Waals surface area contributed by atoms with Crippen molar-refractivity contribution in [3.05, 3.63) is 58.6 Å². The SMILES string of the molecule is CC(C)(C)C(=O)N1CCN(c2ccc(NC(=O)COc3ccc([N+](=O)[O-])cc3)cc2)CC1. The third-order valence-corrected chi connectivity index (χ3v) is 5.14. The van der Waals surface area contributed by atoms with Gasteiger partial charge in [0.05, 0.1) is 4.92 Å². The summed E-state index contributed by atoms with van der Waals surface area (Å²) in [6, 6.07) is 13.1. The van der Waals surface area contributed by atoms with Crippen molar-refractivity contribution in [1.82, 2.24) is 4.90 Å². The number of carbonyl (C=O) groups excluding carboxylic acids is 2. The van der Waals surface area contributed by atoms with E-state index in [0.717, 1.165) is 18.8 Å². The standard InChI is InChI=1S/C23H28N4O5/c1-23(2,3)22(29)26-14-12-25(13-15-26)18-6-4-17(5-7-18)24-21(28)16-32-20-10-8-19(9-11-20)27(30)31/h4-11H,12-16H2,1-3H3,(H,24,28). The summed E-state index contributed by atoms with van der Waals surface area (Å²) >= 11 is 0. The molecule has 0 aliphatic carbocycles. The van der Waals surface area contributed by atoms with Crippen molar-refractivity contribution < 1.29 is 19.2 Å². The number of nitrogens with zero attached hydrogens (tertiary/aromatic N) is 3. The Bertz CT molecular complexity index is 959. The molecule has 2 aromatic carbocycles. The second-order valence-electron chi connectivity index (χ2n) is 8.66. The molecule has 1 N–H and O–H groups in total. The molecular formula is C23H28N4O5. The molecular weight excluding hydrogens is 412 g/mol. The first-order valence-corrected chi connectivity index (χ1v) is 10.4. The number of benzene rings is 2. The number of amides is 2. The first-order valence-electron chi connectivity index (χ1n) is 10.4. The van der Waals surface area contributed by atoms with Gasteiger partial charge in [0.25, 0.3) is 11.6 Å². The fourth-order valence-corrected chi connectivity index (χ4v) is 3.41. The lowest BCUT2D eigenvalue weighted by Gasteiger charge is -2.38. The Labute approximate surface area is 187 Å². The number of rotatable bonds is 6. The molecule has 170 valence electrons. The number of non-ortho nitro benzene ring substituents is 1. The maximum Gasteiger partial charge on any atom is 0.269 e. The second kappa shape index (κ2) is 9.67. The van der Waals surface area contributed by atoms with Crippen LogP contribution in [-0.2, 0) is 9.59 Å². The third-order valence-electron chi connectivity index (χ3n) is 5.14. The predicted octanol–water partition coefficient (Wildman–Crippen LogP) is 3.31. The minimum atomic E-state index is -0.495. The van der Waals surface area contributed by atoms with Crippen LogP contribution in [0.1, 0.15) is 20.8 Å². The topological polar surface area (TPSA) is 105 Å². The van der Waals surface area contributed by atoms with Gasteiger partial charge in [0.15, 0.2) is 6.61 Å². The van der Waals surface area contributed by atoms with E-state index in [1.165, 1.54) is 24.3 Å². The van der Waals surface area contributed by atoms with Crippen molar-refractivity contribution in [3.63, 3.8) is 0 Å². The Balaban J connectivity index is 1.47. The minimum absolute atomic E-state index is 0.0379. The molecule has 2 amide bonds. The van der Waals surface area contributed by atoms with E-state index in [-0.39, 0.29) is 29.5 Å². The van der Waals surface area contributed by atoms with E-state index in [9.17, 15) is 19.7 Å². The fraction of sp³-hybridized carbons (Fsp3) is 0.391. The van der Waals surface area contributed by atoms with Gasteiger partial charge >= 0.3 is 0 Å². The van der Waals surface area contributed by atoms with Crippen LogP contribution in [0, 0.1) is 15.5 Å². The number of carbonyl (C=O) groups is 2. The predicted molar refractivity (Wildman–Crippen MR) is 122 cm³/mol. The number of nitro benzene ring substituents is 1. The van der Waals surface area contributed by atoms with Crippen molar-refractivity contribution in [2.24, 2.45) is 5.41 Å². The summed E-state index contributed by atoms with van der Waals surface area (Å²) in [7, 11) is 0. The Morgan fingerprint density at radius 1 is 1.00 bits per heavy atom. The van der Waals surface area contributed by atoms with Gasteiger partial charge in [0, 0.05) is 55.1 Å². The molecule has 3 rings (SSSR count). The van der Waals surface area contributed by atoms with Crippen LogP contribution in [0.25, 0.3) is 0 Å². The van der Waals surface area contributed by atoms with Crippen molar-refractivity contribution in [1.29, 1.82) is 0 Å². The number of anilines is 2. The van der Waals surface area contributed by atoms with E-state index in [0.29, 0.717) is 24.5 Å². The van der Waals surface area contributed by atoms with E-state index in [2.05, 4.69) is 10.2 Å². The zero-order valence-electron chi connectivity index (χ0n) is 18.5. The Kier molecular flexibility index (Phi) is 6.97. The lowest BCUT2D eigenvalue weighted by atomic mass is 9.94. The van der Waals surface area contributed by atoms with E-state index in [4.69, 9.17) is 4.74 Å². The first-order chi connectivity index (χ1) is 15.1. The zero-order chi connectivity index (χ0) is 23.3. The van der Waals surface area contributed by atoms with Crippen molar-refractivity contribution in [2.45, 2.75) is 20.8 Å². The maximum absolute atomic E-state index is 12.4. The average Bonchev–Trinajstić information content (AvgIpc) is 2.77. The highest BCUT2D eigenvalue weighted by atomic mass is 16.6. The highest BCUT2D eigenvalue weighted by molar-refractivity contribution is 5.92. The van der Waals surface area contributed by atoms with Gasteiger partial charge in [0.1, 0.15) is 5.75 Å². The molecule has 1 fully saturated rings.